The number of hydrogen-bond donors (Lipinski definition) is 0. The Kier molecular flexibility index (Phi) is 9.00. The van der Waals surface area contributed by atoms with Gasteiger partial charge in [-0.3, -0.25) is 0 Å². The highest BCUT2D eigenvalue weighted by molar-refractivity contribution is 5.85. The molecule has 3 fully saturated rings. The van der Waals surface area contributed by atoms with Gasteiger partial charge in [-0.05, 0) is 116 Å². The van der Waals surface area contributed by atoms with Crippen LogP contribution in [0, 0.1) is 40.4 Å². The molecule has 4 heteroatoms. The lowest BCUT2D eigenvalue weighted by molar-refractivity contribution is -0.188. The Morgan fingerprint density at radius 1 is 1.00 bits per heavy atom. The molecule has 0 amide bonds. The van der Waals surface area contributed by atoms with E-state index >= 15 is 0 Å². The first-order chi connectivity index (χ1) is 20.9. The van der Waals surface area contributed by atoms with Crippen LogP contribution in [0.5, 0.6) is 0 Å². The lowest BCUT2D eigenvalue weighted by Crippen LogP contribution is -2.51. The van der Waals surface area contributed by atoms with E-state index in [1.165, 1.54) is 55.4 Å². The van der Waals surface area contributed by atoms with Crippen molar-refractivity contribution in [2.75, 3.05) is 0 Å². The zero-order chi connectivity index (χ0) is 31.3. The quantitative estimate of drug-likeness (QED) is 0.177. The Labute approximate surface area is 268 Å². The zero-order valence-electron chi connectivity index (χ0n) is 28.9. The number of oxime groups is 1. The van der Waals surface area contributed by atoms with E-state index in [0.29, 0.717) is 29.3 Å². The predicted octanol–water partition coefficient (Wildman–Crippen LogP) is 10.2. The van der Waals surface area contributed by atoms with Crippen molar-refractivity contribution in [2.24, 2.45) is 45.6 Å². The van der Waals surface area contributed by atoms with Gasteiger partial charge in [-0.15, -0.1) is 0 Å². The summed E-state index contributed by atoms with van der Waals surface area (Å²) in [4.78, 5) is 5.97. The molecule has 3 saturated carbocycles. The number of nitrogens with zero attached hydrogens (tertiary/aromatic N) is 1. The number of allylic oxidation sites excluding steroid dienone is 1. The van der Waals surface area contributed by atoms with E-state index in [1.54, 1.807) is 5.57 Å². The van der Waals surface area contributed by atoms with Crippen LogP contribution in [0.15, 0.2) is 53.2 Å². The first-order valence-electron chi connectivity index (χ1n) is 17.9. The smallest absolute Gasteiger partial charge is 0.177 e. The fourth-order valence-corrected chi connectivity index (χ4v) is 10.3. The van der Waals surface area contributed by atoms with Gasteiger partial charge >= 0.3 is 0 Å². The second-order valence-corrected chi connectivity index (χ2v) is 16.6. The van der Waals surface area contributed by atoms with Crippen molar-refractivity contribution in [3.8, 4) is 0 Å². The second-order valence-electron chi connectivity index (χ2n) is 16.6. The number of rotatable bonds is 7. The van der Waals surface area contributed by atoms with Crippen molar-refractivity contribution < 1.29 is 14.3 Å². The minimum atomic E-state index is -0.184. The molecule has 4 nitrogen and oxygen atoms in total. The molecular weight excluding hydrogens is 542 g/mol. The molecule has 0 saturated heterocycles. The summed E-state index contributed by atoms with van der Waals surface area (Å²) < 4.78 is 12.9. The maximum absolute atomic E-state index is 6.57. The third-order valence-corrected chi connectivity index (χ3v) is 13.0. The summed E-state index contributed by atoms with van der Waals surface area (Å²) in [6.45, 7) is 19.2. The van der Waals surface area contributed by atoms with Crippen molar-refractivity contribution in [3.05, 3.63) is 59.2 Å². The standard InChI is InChI=1S/C40H59NO3/c1-9-36-26(2)10-19-37(44-36)43-31-20-22-39(7)30(24-31)15-16-32-34-18-17-33(40(34,8)23-21-35(32)39)27(3)41-42-25-28-11-13-29(14-12-28)38(4,5)6/h10-15,19,26,31-37H,9,16-18,20-25H2,1-8H3/b41-27+/t26-,31-,32?,33+,34?,35?,36+,37?,39-,40+/m0/s1. The van der Waals surface area contributed by atoms with Crippen LogP contribution in [0.25, 0.3) is 0 Å². The van der Waals surface area contributed by atoms with Crippen LogP contribution in [0.2, 0.25) is 0 Å². The molecular formula is C40H59NO3. The van der Waals surface area contributed by atoms with Gasteiger partial charge in [-0.25, -0.2) is 0 Å². The summed E-state index contributed by atoms with van der Waals surface area (Å²) in [5, 5.41) is 4.74. The van der Waals surface area contributed by atoms with Gasteiger partial charge in [-0.2, -0.15) is 0 Å². The molecule has 4 aliphatic carbocycles. The summed E-state index contributed by atoms with van der Waals surface area (Å²) in [5.41, 5.74) is 6.23. The number of hydrogen-bond acceptors (Lipinski definition) is 4. The number of ether oxygens (including phenoxy) is 2. The molecule has 0 spiro atoms. The molecule has 1 aromatic carbocycles. The van der Waals surface area contributed by atoms with Crippen LogP contribution >= 0.6 is 0 Å². The van der Waals surface area contributed by atoms with E-state index in [9.17, 15) is 0 Å². The minimum Gasteiger partial charge on any atom is -0.391 e. The molecule has 6 rings (SSSR count). The molecule has 0 aromatic heterocycles. The third kappa shape index (κ3) is 5.99. The SMILES string of the molecule is CC[C@H]1OC(O[C@H]2CC[C@@]3(C)C(=CCC4C3CC[C@@]3(C)C4CC[C@@H]3/C(C)=N/OCc3ccc(C(C)(C)C)cc3)C2)C=C[C@@H]1C. The summed E-state index contributed by atoms with van der Waals surface area (Å²) in [7, 11) is 0. The van der Waals surface area contributed by atoms with E-state index in [0.717, 1.165) is 37.0 Å². The second kappa shape index (κ2) is 12.4. The highest BCUT2D eigenvalue weighted by Crippen LogP contribution is 2.66. The van der Waals surface area contributed by atoms with Gasteiger partial charge < -0.3 is 14.3 Å². The lowest BCUT2D eigenvalue weighted by atomic mass is 9.47. The highest BCUT2D eigenvalue weighted by Gasteiger charge is 2.59. The molecule has 5 aliphatic rings. The van der Waals surface area contributed by atoms with Crippen LogP contribution in [0.4, 0.5) is 0 Å². The summed E-state index contributed by atoms with van der Waals surface area (Å²) in [6, 6.07) is 8.83. The average molecular weight is 602 g/mol. The first kappa shape index (κ1) is 32.0. The van der Waals surface area contributed by atoms with Crippen molar-refractivity contribution in [2.45, 2.75) is 144 Å². The predicted molar refractivity (Wildman–Crippen MR) is 180 cm³/mol. The van der Waals surface area contributed by atoms with E-state index < -0.39 is 0 Å². The molecule has 44 heavy (non-hydrogen) atoms. The van der Waals surface area contributed by atoms with Crippen molar-refractivity contribution in [3.63, 3.8) is 0 Å². The molecule has 0 N–H and O–H groups in total. The van der Waals surface area contributed by atoms with Gasteiger partial charge in [0.1, 0.15) is 6.61 Å². The third-order valence-electron chi connectivity index (χ3n) is 13.0. The van der Waals surface area contributed by atoms with Crippen molar-refractivity contribution in [1.82, 2.24) is 0 Å². The maximum Gasteiger partial charge on any atom is 0.177 e. The molecule has 0 radical (unpaired) electrons. The van der Waals surface area contributed by atoms with Gasteiger partial charge in [0.15, 0.2) is 6.29 Å². The molecule has 242 valence electrons. The summed E-state index contributed by atoms with van der Waals surface area (Å²) in [5.74, 6) is 3.35. The first-order valence-corrected chi connectivity index (χ1v) is 17.9. The van der Waals surface area contributed by atoms with E-state index in [-0.39, 0.29) is 23.9 Å². The fraction of sp³-hybridized carbons (Fsp3) is 0.725. The zero-order valence-corrected chi connectivity index (χ0v) is 28.9. The molecule has 1 aromatic rings. The highest BCUT2D eigenvalue weighted by atomic mass is 16.7. The molecule has 4 unspecified atom stereocenters. The summed E-state index contributed by atoms with van der Waals surface area (Å²) in [6.07, 6.45) is 18.4. The van der Waals surface area contributed by atoms with E-state index in [4.69, 9.17) is 19.5 Å². The van der Waals surface area contributed by atoms with Crippen LogP contribution in [-0.4, -0.2) is 24.2 Å². The van der Waals surface area contributed by atoms with Crippen molar-refractivity contribution in [1.29, 1.82) is 0 Å². The monoisotopic (exact) mass is 601 g/mol. The van der Waals surface area contributed by atoms with Gasteiger partial charge in [0.25, 0.3) is 0 Å². The van der Waals surface area contributed by atoms with Gasteiger partial charge in [0, 0.05) is 11.8 Å². The Morgan fingerprint density at radius 2 is 1.77 bits per heavy atom. The number of benzene rings is 1. The molecule has 1 aliphatic heterocycles. The average Bonchev–Trinajstić information content (AvgIpc) is 3.35. The van der Waals surface area contributed by atoms with Crippen LogP contribution in [0.3, 0.4) is 0 Å². The lowest BCUT2D eigenvalue weighted by Gasteiger charge is -2.58. The van der Waals surface area contributed by atoms with Crippen LogP contribution < -0.4 is 0 Å². The topological polar surface area (TPSA) is 40.0 Å². The van der Waals surface area contributed by atoms with E-state index in [1.807, 2.05) is 0 Å². The Morgan fingerprint density at radius 3 is 2.50 bits per heavy atom. The Hall–Kier alpha value is -1.91. The van der Waals surface area contributed by atoms with Gasteiger partial charge in [0.2, 0.25) is 0 Å². The van der Waals surface area contributed by atoms with E-state index in [2.05, 4.69) is 97.9 Å². The van der Waals surface area contributed by atoms with Gasteiger partial charge in [0.05, 0.1) is 17.9 Å². The van der Waals surface area contributed by atoms with Crippen molar-refractivity contribution >= 4 is 5.71 Å². The number of fused-ring (bicyclic) bond motifs is 5. The molecule has 0 bridgehead atoms. The van der Waals surface area contributed by atoms with Gasteiger partial charge in [-0.1, -0.05) is 95.6 Å². The largest absolute Gasteiger partial charge is 0.391 e. The van der Waals surface area contributed by atoms with Crippen LogP contribution in [0.1, 0.15) is 124 Å². The summed E-state index contributed by atoms with van der Waals surface area (Å²) >= 11 is 0. The minimum absolute atomic E-state index is 0.169. The van der Waals surface area contributed by atoms with Crippen LogP contribution in [-0.2, 0) is 26.3 Å². The molecule has 1 heterocycles. The Bertz CT molecular complexity index is 1260. The fourth-order valence-electron chi connectivity index (χ4n) is 10.3. The maximum atomic E-state index is 6.57. The Balaban J connectivity index is 1.08. The normalized spacial score (nSPS) is 40.5. The molecule has 10 atom stereocenters.